The van der Waals surface area contributed by atoms with Gasteiger partial charge in [0.2, 0.25) is 0 Å². The molecule has 0 N–H and O–H groups in total. The van der Waals surface area contributed by atoms with Crippen molar-refractivity contribution in [2.24, 2.45) is 0 Å². The highest BCUT2D eigenvalue weighted by Gasteiger charge is 2.31. The molecule has 0 spiro atoms. The molecule has 6 heteroatoms. The molecule has 0 unspecified atom stereocenters. The number of halogens is 4. The fraction of sp³-hybridized carbons (Fsp3) is 0.200. The molecule has 1 aromatic rings. The van der Waals surface area contributed by atoms with Crippen LogP contribution in [0.3, 0.4) is 0 Å². The second kappa shape index (κ2) is 2.44. The summed E-state index contributed by atoms with van der Waals surface area (Å²) in [7, 11) is 0. The average Bonchev–Trinajstić information content (AvgIpc) is 1.86. The second-order valence-corrected chi connectivity index (χ2v) is 1.74. The third-order valence-corrected chi connectivity index (χ3v) is 0.948. The van der Waals surface area contributed by atoms with E-state index in [9.17, 15) is 17.6 Å². The molecule has 0 saturated heterocycles. The molecule has 0 fully saturated rings. The van der Waals surface area contributed by atoms with Gasteiger partial charge in [-0.2, -0.15) is 17.6 Å². The maximum Gasteiger partial charge on any atom is 0.419 e. The largest absolute Gasteiger partial charge is 0.419 e. The van der Waals surface area contributed by atoms with Crippen molar-refractivity contribution in [3.8, 4) is 0 Å². The van der Waals surface area contributed by atoms with E-state index >= 15 is 0 Å². The summed E-state index contributed by atoms with van der Waals surface area (Å²) >= 11 is 0. The van der Waals surface area contributed by atoms with Crippen molar-refractivity contribution in [1.82, 2.24) is 9.97 Å². The van der Waals surface area contributed by atoms with E-state index in [1.54, 1.807) is 0 Å². The maximum atomic E-state index is 11.9. The van der Waals surface area contributed by atoms with Crippen molar-refractivity contribution in [3.05, 3.63) is 24.0 Å². The van der Waals surface area contributed by atoms with E-state index in [-0.39, 0.29) is 0 Å². The number of aromatic nitrogens is 2. The van der Waals surface area contributed by atoms with Gasteiger partial charge in [0, 0.05) is 12.4 Å². The average molecular weight is 166 g/mol. The summed E-state index contributed by atoms with van der Waals surface area (Å²) in [6.07, 6.45) is -4.89. The lowest BCUT2D eigenvalue weighted by Crippen LogP contribution is -2.06. The fourth-order valence-corrected chi connectivity index (χ4v) is 0.459. The van der Waals surface area contributed by atoms with Gasteiger partial charge in [-0.25, -0.2) is 9.97 Å². The van der Waals surface area contributed by atoms with E-state index in [0.29, 0.717) is 12.4 Å². The van der Waals surface area contributed by atoms with Crippen molar-refractivity contribution in [2.45, 2.75) is 6.18 Å². The molecule has 60 valence electrons. The van der Waals surface area contributed by atoms with Crippen molar-refractivity contribution >= 4 is 0 Å². The minimum absolute atomic E-state index is 0.391. The quantitative estimate of drug-likeness (QED) is 0.432. The molecule has 0 atom stereocenters. The molecule has 0 aromatic carbocycles. The summed E-state index contributed by atoms with van der Waals surface area (Å²) in [6.45, 7) is 0. The van der Waals surface area contributed by atoms with Crippen LogP contribution < -0.4 is 0 Å². The molecule has 1 aromatic heterocycles. The molecule has 2 nitrogen and oxygen atoms in total. The Kier molecular flexibility index (Phi) is 1.76. The molecule has 0 radical (unpaired) electrons. The fourth-order valence-electron chi connectivity index (χ4n) is 0.459. The summed E-state index contributed by atoms with van der Waals surface area (Å²) in [5.74, 6) is 0. The van der Waals surface area contributed by atoms with E-state index in [0.717, 1.165) is 0 Å². The predicted octanol–water partition coefficient (Wildman–Crippen LogP) is 1.63. The standard InChI is InChI=1S/C5H2F4N2/c6-4-10-1-3(2-11-4)5(7,8)9/h1-2H. The van der Waals surface area contributed by atoms with Crippen LogP contribution in [-0.4, -0.2) is 9.97 Å². The van der Waals surface area contributed by atoms with Gasteiger partial charge in [-0.05, 0) is 0 Å². The molecule has 1 rings (SSSR count). The van der Waals surface area contributed by atoms with Crippen LogP contribution in [0, 0.1) is 6.08 Å². The van der Waals surface area contributed by atoms with Gasteiger partial charge in [0.1, 0.15) is 0 Å². The van der Waals surface area contributed by atoms with Crippen LogP contribution in [-0.2, 0) is 6.18 Å². The topological polar surface area (TPSA) is 25.8 Å². The third-order valence-electron chi connectivity index (χ3n) is 0.948. The molecule has 0 aliphatic heterocycles. The van der Waals surface area contributed by atoms with Crippen molar-refractivity contribution < 1.29 is 17.6 Å². The highest BCUT2D eigenvalue weighted by molar-refractivity contribution is 5.06. The number of alkyl halides is 3. The molecule has 0 amide bonds. The molecule has 0 aliphatic carbocycles. The number of hydrogen-bond acceptors (Lipinski definition) is 2. The molecule has 0 saturated carbocycles. The highest BCUT2D eigenvalue weighted by atomic mass is 19.4. The molecular formula is C5H2F4N2. The number of nitrogens with zero attached hydrogens (tertiary/aromatic N) is 2. The minimum atomic E-state index is -4.51. The Labute approximate surface area is 58.9 Å². The Morgan fingerprint density at radius 1 is 1.09 bits per heavy atom. The van der Waals surface area contributed by atoms with Crippen molar-refractivity contribution in [3.63, 3.8) is 0 Å². The Balaban J connectivity index is 2.99. The molecular weight excluding hydrogens is 164 g/mol. The van der Waals surface area contributed by atoms with Crippen LogP contribution >= 0.6 is 0 Å². The van der Waals surface area contributed by atoms with Crippen LogP contribution in [0.15, 0.2) is 12.4 Å². The first-order chi connectivity index (χ1) is 5.00. The maximum absolute atomic E-state index is 11.9. The zero-order valence-corrected chi connectivity index (χ0v) is 5.06. The normalized spacial score (nSPS) is 11.6. The van der Waals surface area contributed by atoms with Gasteiger partial charge in [0.25, 0.3) is 0 Å². The van der Waals surface area contributed by atoms with Crippen LogP contribution in [0.25, 0.3) is 0 Å². The smallest absolute Gasteiger partial charge is 0.210 e. The van der Waals surface area contributed by atoms with E-state index in [4.69, 9.17) is 0 Å². The summed E-state index contributed by atoms with van der Waals surface area (Å²) in [6, 6.07) is 0. The SMILES string of the molecule is Fc1ncc(C(F)(F)F)cn1. The first kappa shape index (κ1) is 7.90. The molecule has 0 aliphatic rings. The summed E-state index contributed by atoms with van der Waals surface area (Å²) in [4.78, 5) is 5.50. The summed E-state index contributed by atoms with van der Waals surface area (Å²) < 4.78 is 47.0. The highest BCUT2D eigenvalue weighted by Crippen LogP contribution is 2.27. The van der Waals surface area contributed by atoms with Crippen molar-refractivity contribution in [1.29, 1.82) is 0 Å². The Morgan fingerprint density at radius 2 is 1.55 bits per heavy atom. The first-order valence-electron chi connectivity index (χ1n) is 2.55. The van der Waals surface area contributed by atoms with E-state index in [2.05, 4.69) is 9.97 Å². The zero-order chi connectivity index (χ0) is 8.48. The monoisotopic (exact) mass is 166 g/mol. The third kappa shape index (κ3) is 1.86. The van der Waals surface area contributed by atoms with Gasteiger partial charge in [0.15, 0.2) is 0 Å². The Bertz CT molecular complexity index is 240. The number of hydrogen-bond donors (Lipinski definition) is 0. The van der Waals surface area contributed by atoms with Crippen LogP contribution in [0.1, 0.15) is 5.56 Å². The lowest BCUT2D eigenvalue weighted by atomic mass is 10.3. The van der Waals surface area contributed by atoms with Gasteiger partial charge < -0.3 is 0 Å². The summed E-state index contributed by atoms with van der Waals surface area (Å²) in [5.41, 5.74) is -1.06. The van der Waals surface area contributed by atoms with Crippen LogP contribution in [0.2, 0.25) is 0 Å². The van der Waals surface area contributed by atoms with Gasteiger partial charge in [-0.15, -0.1) is 0 Å². The first-order valence-corrected chi connectivity index (χ1v) is 2.55. The van der Waals surface area contributed by atoms with Crippen molar-refractivity contribution in [2.75, 3.05) is 0 Å². The Hall–Kier alpha value is -1.20. The Morgan fingerprint density at radius 3 is 1.91 bits per heavy atom. The molecule has 1 heterocycles. The van der Waals surface area contributed by atoms with Gasteiger partial charge >= 0.3 is 12.3 Å². The number of rotatable bonds is 0. The van der Waals surface area contributed by atoms with Gasteiger partial charge in [-0.1, -0.05) is 0 Å². The zero-order valence-electron chi connectivity index (χ0n) is 5.06. The van der Waals surface area contributed by atoms with Gasteiger partial charge in [-0.3, -0.25) is 0 Å². The molecule has 11 heavy (non-hydrogen) atoms. The van der Waals surface area contributed by atoms with E-state index in [1.807, 2.05) is 0 Å². The lowest BCUT2D eigenvalue weighted by molar-refractivity contribution is -0.138. The second-order valence-electron chi connectivity index (χ2n) is 1.74. The van der Waals surface area contributed by atoms with Gasteiger partial charge in [0.05, 0.1) is 5.56 Å². The van der Waals surface area contributed by atoms with Crippen LogP contribution in [0.5, 0.6) is 0 Å². The lowest BCUT2D eigenvalue weighted by Gasteiger charge is -2.02. The molecule has 0 bridgehead atoms. The predicted molar refractivity (Wildman–Crippen MR) is 27.0 cm³/mol. The van der Waals surface area contributed by atoms with E-state index < -0.39 is 17.8 Å². The summed E-state index contributed by atoms with van der Waals surface area (Å²) in [5, 5.41) is 0. The minimum Gasteiger partial charge on any atom is -0.210 e. The van der Waals surface area contributed by atoms with Crippen LogP contribution in [0.4, 0.5) is 17.6 Å². The van der Waals surface area contributed by atoms with E-state index in [1.165, 1.54) is 0 Å².